The zero-order valence-corrected chi connectivity index (χ0v) is 14.0. The molecule has 0 amide bonds. The number of ether oxygens (including phenoxy) is 1. The van der Waals surface area contributed by atoms with Crippen LogP contribution in [0.15, 0.2) is 24.3 Å². The van der Waals surface area contributed by atoms with E-state index >= 15 is 0 Å². The lowest BCUT2D eigenvalue weighted by molar-refractivity contribution is 0.00301. The molecule has 0 aromatic heterocycles. The molecule has 2 aliphatic heterocycles. The Labute approximate surface area is 133 Å². The highest BCUT2D eigenvalue weighted by Gasteiger charge is 2.49. The topological polar surface area (TPSA) is 35.9 Å². The number of hydrogen-bond donors (Lipinski definition) is 1. The van der Waals surface area contributed by atoms with E-state index in [1.165, 1.54) is 5.56 Å². The van der Waals surface area contributed by atoms with Crippen molar-refractivity contribution in [1.82, 2.24) is 9.80 Å². The largest absolute Gasteiger partial charge is 0.491 e. The van der Waals surface area contributed by atoms with Gasteiger partial charge in [-0.3, -0.25) is 4.90 Å². The van der Waals surface area contributed by atoms with Crippen LogP contribution in [0.2, 0.25) is 0 Å². The zero-order chi connectivity index (χ0) is 15.7. The normalized spacial score (nSPS) is 24.9. The molecule has 1 spiro atoms. The van der Waals surface area contributed by atoms with Gasteiger partial charge in [-0.25, -0.2) is 0 Å². The Bertz CT molecular complexity index is 494. The first-order valence-electron chi connectivity index (χ1n) is 8.29. The van der Waals surface area contributed by atoms with Gasteiger partial charge in [0.15, 0.2) is 0 Å². The summed E-state index contributed by atoms with van der Waals surface area (Å²) in [6.45, 7) is 8.82. The lowest BCUT2D eigenvalue weighted by Crippen LogP contribution is -2.56. The summed E-state index contributed by atoms with van der Waals surface area (Å²) in [6, 6.07) is 8.82. The number of aliphatic hydroxyl groups excluding tert-OH is 1. The second-order valence-electron chi connectivity index (χ2n) is 7.41. The molecule has 0 radical (unpaired) electrons. The quantitative estimate of drug-likeness (QED) is 0.902. The molecular formula is C18H28N2O2. The first-order chi connectivity index (χ1) is 10.5. The van der Waals surface area contributed by atoms with Crippen LogP contribution >= 0.6 is 0 Å². The fourth-order valence-corrected chi connectivity index (χ4v) is 4.03. The summed E-state index contributed by atoms with van der Waals surface area (Å²) in [5.41, 5.74) is 1.76. The molecule has 22 heavy (non-hydrogen) atoms. The molecule has 1 atom stereocenters. The van der Waals surface area contributed by atoms with Gasteiger partial charge >= 0.3 is 0 Å². The van der Waals surface area contributed by atoms with E-state index in [1.807, 2.05) is 13.8 Å². The number of hydrogen-bond acceptors (Lipinski definition) is 4. The van der Waals surface area contributed by atoms with Crippen LogP contribution in [0.3, 0.4) is 0 Å². The minimum absolute atomic E-state index is 0.222. The molecule has 2 heterocycles. The number of likely N-dealkylation sites (tertiary alicyclic amines) is 2. The maximum Gasteiger partial charge on any atom is 0.119 e. The third-order valence-electron chi connectivity index (χ3n) is 4.91. The number of benzene rings is 1. The second-order valence-corrected chi connectivity index (χ2v) is 7.41. The molecular weight excluding hydrogens is 276 g/mol. The maximum atomic E-state index is 9.41. The summed E-state index contributed by atoms with van der Waals surface area (Å²) in [6.07, 6.45) is 1.36. The predicted molar refractivity (Wildman–Crippen MR) is 88.0 cm³/mol. The molecule has 0 aliphatic carbocycles. The van der Waals surface area contributed by atoms with Crippen LogP contribution in [-0.4, -0.2) is 60.3 Å². The minimum atomic E-state index is 0.222. The van der Waals surface area contributed by atoms with Crippen LogP contribution in [0, 0.1) is 5.41 Å². The molecule has 122 valence electrons. The summed E-state index contributed by atoms with van der Waals surface area (Å²) >= 11 is 0. The predicted octanol–water partition coefficient (Wildman–Crippen LogP) is 1.97. The molecule has 0 bridgehead atoms. The smallest absolute Gasteiger partial charge is 0.119 e. The van der Waals surface area contributed by atoms with E-state index in [1.54, 1.807) is 0 Å². The Morgan fingerprint density at radius 3 is 2.45 bits per heavy atom. The SMILES string of the molecule is CC(C)Oc1ccc(CN2CC3(CC(CO)N(C)C3)C2)cc1. The third-order valence-corrected chi connectivity index (χ3v) is 4.91. The Balaban J connectivity index is 1.50. The van der Waals surface area contributed by atoms with Crippen LogP contribution in [0.5, 0.6) is 5.75 Å². The van der Waals surface area contributed by atoms with Crippen LogP contribution in [-0.2, 0) is 6.54 Å². The van der Waals surface area contributed by atoms with Crippen molar-refractivity contribution >= 4 is 0 Å². The number of nitrogens with zero attached hydrogens (tertiary/aromatic N) is 2. The van der Waals surface area contributed by atoms with Crippen molar-refractivity contribution < 1.29 is 9.84 Å². The van der Waals surface area contributed by atoms with Crippen molar-refractivity contribution in [1.29, 1.82) is 0 Å². The van der Waals surface area contributed by atoms with Gasteiger partial charge in [0.25, 0.3) is 0 Å². The molecule has 2 fully saturated rings. The van der Waals surface area contributed by atoms with Crippen LogP contribution in [0.4, 0.5) is 0 Å². The zero-order valence-electron chi connectivity index (χ0n) is 14.0. The molecule has 2 aliphatic rings. The Morgan fingerprint density at radius 1 is 1.23 bits per heavy atom. The van der Waals surface area contributed by atoms with Gasteiger partial charge in [-0.1, -0.05) is 12.1 Å². The average Bonchev–Trinajstić information content (AvgIpc) is 2.77. The summed E-state index contributed by atoms with van der Waals surface area (Å²) in [7, 11) is 2.13. The van der Waals surface area contributed by atoms with E-state index in [9.17, 15) is 5.11 Å². The summed E-state index contributed by atoms with van der Waals surface area (Å²) in [5, 5.41) is 9.41. The highest BCUT2D eigenvalue weighted by atomic mass is 16.5. The molecule has 4 nitrogen and oxygen atoms in total. The summed E-state index contributed by atoms with van der Waals surface area (Å²) < 4.78 is 5.68. The standard InChI is InChI=1S/C18H28N2O2/c1-14(2)22-17-6-4-15(5-7-17)9-20-12-18(13-20)8-16(10-21)19(3)11-18/h4-7,14,16,21H,8-13H2,1-3H3. The van der Waals surface area contributed by atoms with E-state index in [-0.39, 0.29) is 12.7 Å². The van der Waals surface area contributed by atoms with Gasteiger partial charge in [0.2, 0.25) is 0 Å². The maximum absolute atomic E-state index is 9.41. The third kappa shape index (κ3) is 3.29. The van der Waals surface area contributed by atoms with Crippen LogP contribution < -0.4 is 4.74 Å². The molecule has 1 N–H and O–H groups in total. The van der Waals surface area contributed by atoms with E-state index in [0.717, 1.165) is 38.3 Å². The number of rotatable bonds is 5. The Kier molecular flexibility index (Phi) is 4.44. The summed E-state index contributed by atoms with van der Waals surface area (Å²) in [5.74, 6) is 0.946. The average molecular weight is 304 g/mol. The van der Waals surface area contributed by atoms with Gasteiger partial charge in [0.1, 0.15) is 5.75 Å². The van der Waals surface area contributed by atoms with Gasteiger partial charge in [0, 0.05) is 37.6 Å². The monoisotopic (exact) mass is 304 g/mol. The summed E-state index contributed by atoms with van der Waals surface area (Å²) in [4.78, 5) is 4.82. The Morgan fingerprint density at radius 2 is 1.91 bits per heavy atom. The van der Waals surface area contributed by atoms with E-state index in [0.29, 0.717) is 11.5 Å². The Hall–Kier alpha value is -1.10. The van der Waals surface area contributed by atoms with Gasteiger partial charge in [0.05, 0.1) is 12.7 Å². The van der Waals surface area contributed by atoms with Crippen molar-refractivity contribution in [3.05, 3.63) is 29.8 Å². The van der Waals surface area contributed by atoms with Crippen molar-refractivity contribution in [2.45, 2.75) is 39.0 Å². The van der Waals surface area contributed by atoms with E-state index in [2.05, 4.69) is 41.1 Å². The lowest BCUT2D eigenvalue weighted by Gasteiger charge is -2.48. The van der Waals surface area contributed by atoms with Crippen LogP contribution in [0.1, 0.15) is 25.8 Å². The van der Waals surface area contributed by atoms with Gasteiger partial charge in [-0.2, -0.15) is 0 Å². The molecule has 1 aromatic rings. The first-order valence-corrected chi connectivity index (χ1v) is 8.29. The van der Waals surface area contributed by atoms with Crippen molar-refractivity contribution in [2.75, 3.05) is 33.3 Å². The van der Waals surface area contributed by atoms with Crippen molar-refractivity contribution in [2.24, 2.45) is 5.41 Å². The van der Waals surface area contributed by atoms with Gasteiger partial charge in [-0.05, 0) is 45.0 Å². The van der Waals surface area contributed by atoms with E-state index in [4.69, 9.17) is 4.74 Å². The minimum Gasteiger partial charge on any atom is -0.491 e. The van der Waals surface area contributed by atoms with E-state index < -0.39 is 0 Å². The van der Waals surface area contributed by atoms with Crippen LogP contribution in [0.25, 0.3) is 0 Å². The number of likely N-dealkylation sites (N-methyl/N-ethyl adjacent to an activating group) is 1. The highest BCUT2D eigenvalue weighted by Crippen LogP contribution is 2.42. The first kappa shape index (κ1) is 15.8. The number of aliphatic hydroxyl groups is 1. The molecule has 1 aromatic carbocycles. The highest BCUT2D eigenvalue weighted by molar-refractivity contribution is 5.27. The molecule has 1 unspecified atom stereocenters. The molecule has 2 saturated heterocycles. The fraction of sp³-hybridized carbons (Fsp3) is 0.667. The molecule has 4 heteroatoms. The van der Waals surface area contributed by atoms with Crippen molar-refractivity contribution in [3.63, 3.8) is 0 Å². The fourth-order valence-electron chi connectivity index (χ4n) is 4.03. The van der Waals surface area contributed by atoms with Gasteiger partial charge in [-0.15, -0.1) is 0 Å². The molecule has 0 saturated carbocycles. The van der Waals surface area contributed by atoms with Gasteiger partial charge < -0.3 is 14.7 Å². The lowest BCUT2D eigenvalue weighted by atomic mass is 9.77. The second kappa shape index (κ2) is 6.19. The molecule has 3 rings (SSSR count). The van der Waals surface area contributed by atoms with Crippen molar-refractivity contribution in [3.8, 4) is 5.75 Å².